The van der Waals surface area contributed by atoms with Crippen LogP contribution in [0.3, 0.4) is 0 Å². The summed E-state index contributed by atoms with van der Waals surface area (Å²) in [4.78, 5) is 0. The molecule has 0 saturated carbocycles. The molecule has 0 aliphatic heterocycles. The molecule has 0 saturated heterocycles. The number of hydrogen-bond donors (Lipinski definition) is 1. The van der Waals surface area contributed by atoms with Crippen LogP contribution in [0.25, 0.3) is 0 Å². The molecule has 0 amide bonds. The van der Waals surface area contributed by atoms with Crippen LogP contribution < -0.4 is 5.32 Å². The molecule has 0 bridgehead atoms. The van der Waals surface area contributed by atoms with E-state index in [0.717, 1.165) is 19.4 Å². The standard InChI is InChI=1S/C15H30F3N/c1-6-10-19-13(8-7-9-15(16,17)18)11-12(2)14(3,4)5/h12-13,19H,6-11H2,1-5H3. The zero-order valence-electron chi connectivity index (χ0n) is 13.0. The lowest BCUT2D eigenvalue weighted by molar-refractivity contribution is -0.135. The van der Waals surface area contributed by atoms with Gasteiger partial charge in [0.15, 0.2) is 0 Å². The average Bonchev–Trinajstić information content (AvgIpc) is 2.22. The normalized spacial score (nSPS) is 16.4. The SMILES string of the molecule is CCCNC(CCCC(F)(F)F)CC(C)C(C)(C)C. The molecule has 1 N–H and O–H groups in total. The summed E-state index contributed by atoms with van der Waals surface area (Å²) in [6, 6.07) is 0.205. The smallest absolute Gasteiger partial charge is 0.314 e. The highest BCUT2D eigenvalue weighted by Gasteiger charge is 2.28. The lowest BCUT2D eigenvalue weighted by Crippen LogP contribution is -2.34. The second kappa shape index (κ2) is 8.13. The van der Waals surface area contributed by atoms with Gasteiger partial charge in [0.05, 0.1) is 0 Å². The minimum atomic E-state index is -4.02. The molecule has 2 atom stereocenters. The van der Waals surface area contributed by atoms with Crippen molar-refractivity contribution in [2.45, 2.75) is 78.9 Å². The van der Waals surface area contributed by atoms with Gasteiger partial charge >= 0.3 is 6.18 Å². The molecule has 0 radical (unpaired) electrons. The molecule has 0 heterocycles. The van der Waals surface area contributed by atoms with Crippen LogP contribution in [-0.4, -0.2) is 18.8 Å². The maximum absolute atomic E-state index is 12.2. The van der Waals surface area contributed by atoms with E-state index in [1.54, 1.807) is 0 Å². The van der Waals surface area contributed by atoms with Crippen LogP contribution in [0.4, 0.5) is 13.2 Å². The van der Waals surface area contributed by atoms with Gasteiger partial charge in [0.25, 0.3) is 0 Å². The summed E-state index contributed by atoms with van der Waals surface area (Å²) in [6.07, 6.45) is -1.89. The van der Waals surface area contributed by atoms with Crippen LogP contribution in [0.1, 0.15) is 66.7 Å². The molecule has 0 aromatic rings. The third-order valence-corrected chi connectivity index (χ3v) is 3.81. The fourth-order valence-corrected chi connectivity index (χ4v) is 1.98. The zero-order valence-corrected chi connectivity index (χ0v) is 13.0. The highest BCUT2D eigenvalue weighted by molar-refractivity contribution is 4.77. The molecule has 2 unspecified atom stereocenters. The van der Waals surface area contributed by atoms with Crippen molar-refractivity contribution < 1.29 is 13.2 Å². The van der Waals surface area contributed by atoms with E-state index in [4.69, 9.17) is 0 Å². The van der Waals surface area contributed by atoms with Crippen molar-refractivity contribution in [2.24, 2.45) is 11.3 Å². The molecule has 0 aliphatic rings. The topological polar surface area (TPSA) is 12.0 Å². The van der Waals surface area contributed by atoms with Crippen LogP contribution in [0.5, 0.6) is 0 Å². The van der Waals surface area contributed by atoms with Gasteiger partial charge in [0.1, 0.15) is 0 Å². The first-order valence-electron chi connectivity index (χ1n) is 7.36. The quantitative estimate of drug-likeness (QED) is 0.648. The molecule has 116 valence electrons. The molecule has 0 aromatic carbocycles. The Balaban J connectivity index is 4.23. The minimum absolute atomic E-state index is 0.205. The first-order valence-corrected chi connectivity index (χ1v) is 7.36. The summed E-state index contributed by atoms with van der Waals surface area (Å²) in [7, 11) is 0. The monoisotopic (exact) mass is 281 g/mol. The van der Waals surface area contributed by atoms with Crippen molar-refractivity contribution in [3.63, 3.8) is 0 Å². The van der Waals surface area contributed by atoms with Crippen LogP contribution in [-0.2, 0) is 0 Å². The van der Waals surface area contributed by atoms with Gasteiger partial charge in [-0.1, -0.05) is 34.6 Å². The summed E-state index contributed by atoms with van der Waals surface area (Å²) in [5, 5.41) is 3.39. The van der Waals surface area contributed by atoms with E-state index in [1.165, 1.54) is 0 Å². The largest absolute Gasteiger partial charge is 0.389 e. The number of hydrogen-bond acceptors (Lipinski definition) is 1. The molecule has 1 nitrogen and oxygen atoms in total. The molecular weight excluding hydrogens is 251 g/mol. The van der Waals surface area contributed by atoms with Crippen LogP contribution in [0.15, 0.2) is 0 Å². The molecular formula is C15H30F3N. The van der Waals surface area contributed by atoms with Crippen molar-refractivity contribution in [3.05, 3.63) is 0 Å². The second-order valence-electron chi connectivity index (χ2n) is 6.66. The molecule has 0 spiro atoms. The van der Waals surface area contributed by atoms with Gasteiger partial charge in [-0.05, 0) is 43.6 Å². The highest BCUT2D eigenvalue weighted by Crippen LogP contribution is 2.30. The Morgan fingerprint density at radius 3 is 2.11 bits per heavy atom. The average molecular weight is 281 g/mol. The molecule has 0 fully saturated rings. The van der Waals surface area contributed by atoms with Crippen molar-refractivity contribution in [2.75, 3.05) is 6.54 Å². The zero-order chi connectivity index (χ0) is 15.1. The van der Waals surface area contributed by atoms with Crippen LogP contribution in [0.2, 0.25) is 0 Å². The summed E-state index contributed by atoms with van der Waals surface area (Å²) >= 11 is 0. The third-order valence-electron chi connectivity index (χ3n) is 3.81. The van der Waals surface area contributed by atoms with Crippen LogP contribution in [0, 0.1) is 11.3 Å². The maximum Gasteiger partial charge on any atom is 0.389 e. The van der Waals surface area contributed by atoms with E-state index in [0.29, 0.717) is 12.3 Å². The van der Waals surface area contributed by atoms with Gasteiger partial charge in [-0.15, -0.1) is 0 Å². The Morgan fingerprint density at radius 2 is 1.68 bits per heavy atom. The minimum Gasteiger partial charge on any atom is -0.314 e. The van der Waals surface area contributed by atoms with E-state index in [1.807, 2.05) is 0 Å². The highest BCUT2D eigenvalue weighted by atomic mass is 19.4. The van der Waals surface area contributed by atoms with Crippen molar-refractivity contribution in [3.8, 4) is 0 Å². The van der Waals surface area contributed by atoms with Gasteiger partial charge in [0, 0.05) is 12.5 Å². The Bertz CT molecular complexity index is 231. The summed E-state index contributed by atoms with van der Waals surface area (Å²) < 4.78 is 36.6. The van der Waals surface area contributed by atoms with Crippen molar-refractivity contribution in [1.29, 1.82) is 0 Å². The second-order valence-corrected chi connectivity index (χ2v) is 6.66. The number of alkyl halides is 3. The number of rotatable bonds is 8. The Labute approximate surface area is 116 Å². The molecule has 19 heavy (non-hydrogen) atoms. The Kier molecular flexibility index (Phi) is 8.02. The predicted octanol–water partition coefficient (Wildman–Crippen LogP) is 5.16. The van der Waals surface area contributed by atoms with Crippen LogP contribution >= 0.6 is 0 Å². The van der Waals surface area contributed by atoms with Gasteiger partial charge in [0.2, 0.25) is 0 Å². The van der Waals surface area contributed by atoms with Gasteiger partial charge in [-0.3, -0.25) is 0 Å². The summed E-state index contributed by atoms with van der Waals surface area (Å²) in [5.41, 5.74) is 0.205. The van der Waals surface area contributed by atoms with E-state index in [-0.39, 0.29) is 17.9 Å². The van der Waals surface area contributed by atoms with E-state index < -0.39 is 12.6 Å². The van der Waals surface area contributed by atoms with Gasteiger partial charge < -0.3 is 5.32 Å². The number of halogens is 3. The van der Waals surface area contributed by atoms with E-state index >= 15 is 0 Å². The predicted molar refractivity (Wildman–Crippen MR) is 75.2 cm³/mol. The van der Waals surface area contributed by atoms with Gasteiger partial charge in [-0.25, -0.2) is 0 Å². The Hall–Kier alpha value is -0.250. The first-order chi connectivity index (χ1) is 8.56. The van der Waals surface area contributed by atoms with E-state index in [2.05, 4.69) is 39.9 Å². The van der Waals surface area contributed by atoms with E-state index in [9.17, 15) is 13.2 Å². The molecule has 0 aromatic heterocycles. The molecule has 4 heteroatoms. The van der Waals surface area contributed by atoms with Gasteiger partial charge in [-0.2, -0.15) is 13.2 Å². The lowest BCUT2D eigenvalue weighted by atomic mass is 9.78. The Morgan fingerprint density at radius 1 is 1.11 bits per heavy atom. The molecule has 0 aliphatic carbocycles. The summed E-state index contributed by atoms with van der Waals surface area (Å²) in [6.45, 7) is 11.7. The van der Waals surface area contributed by atoms with Crippen molar-refractivity contribution in [1.82, 2.24) is 5.32 Å². The fourth-order valence-electron chi connectivity index (χ4n) is 1.98. The van der Waals surface area contributed by atoms with Crippen molar-refractivity contribution >= 4 is 0 Å². The summed E-state index contributed by atoms with van der Waals surface area (Å²) in [5.74, 6) is 0.493. The maximum atomic E-state index is 12.2. The first kappa shape index (κ1) is 18.8. The fraction of sp³-hybridized carbons (Fsp3) is 1.00. The third kappa shape index (κ3) is 10.2. The lowest BCUT2D eigenvalue weighted by Gasteiger charge is -2.31. The number of nitrogens with one attached hydrogen (secondary N) is 1. The molecule has 0 rings (SSSR count).